The lowest BCUT2D eigenvalue weighted by atomic mass is 10.1. The predicted molar refractivity (Wildman–Crippen MR) is 69.4 cm³/mol. The van der Waals surface area contributed by atoms with Crippen LogP contribution in [0.5, 0.6) is 0 Å². The van der Waals surface area contributed by atoms with E-state index >= 15 is 0 Å². The van der Waals surface area contributed by atoms with Crippen LogP contribution >= 0.6 is 0 Å². The number of hydrogen-bond donors (Lipinski definition) is 1. The normalized spacial score (nSPS) is 11.2. The highest BCUT2D eigenvalue weighted by Crippen LogP contribution is 2.21. The number of halogens is 1. The highest BCUT2D eigenvalue weighted by atomic mass is 19.1. The molecule has 0 fully saturated rings. The first-order chi connectivity index (χ1) is 8.47. The molecule has 5 heteroatoms. The number of anilines is 1. The van der Waals surface area contributed by atoms with Gasteiger partial charge in [0.2, 0.25) is 0 Å². The quantitative estimate of drug-likeness (QED) is 0.848. The van der Waals surface area contributed by atoms with E-state index in [-0.39, 0.29) is 5.69 Å². The van der Waals surface area contributed by atoms with E-state index in [1.54, 1.807) is 23.9 Å². The molecule has 0 amide bonds. The highest BCUT2D eigenvalue weighted by Gasteiger charge is 2.12. The first kappa shape index (κ1) is 12.5. The van der Waals surface area contributed by atoms with Crippen LogP contribution in [0.15, 0.2) is 18.2 Å². The molecular weight excluding hydrogens is 231 g/mol. The number of rotatable bonds is 3. The van der Waals surface area contributed by atoms with Gasteiger partial charge in [-0.15, -0.1) is 0 Å². The molecule has 1 heterocycles. The van der Waals surface area contributed by atoms with Crippen molar-refractivity contribution in [3.63, 3.8) is 0 Å². The maximum atomic E-state index is 13.4. The van der Waals surface area contributed by atoms with E-state index < -0.39 is 5.82 Å². The first-order valence-corrected chi connectivity index (χ1v) is 5.92. The van der Waals surface area contributed by atoms with Crippen LogP contribution in [-0.4, -0.2) is 14.8 Å². The molecule has 0 radical (unpaired) electrons. The summed E-state index contributed by atoms with van der Waals surface area (Å²) in [5, 5.41) is 4.33. The van der Waals surface area contributed by atoms with Crippen molar-refractivity contribution in [3.8, 4) is 11.4 Å². The summed E-state index contributed by atoms with van der Waals surface area (Å²) in [6.07, 6.45) is 0.811. The molecule has 0 saturated carbocycles. The van der Waals surface area contributed by atoms with Crippen LogP contribution in [0, 0.1) is 11.7 Å². The average Bonchev–Trinajstić information content (AvgIpc) is 2.62. The molecule has 0 spiro atoms. The number of aromatic nitrogens is 3. The fraction of sp³-hybridized carbons (Fsp3) is 0.385. The smallest absolute Gasteiger partial charge is 0.158 e. The summed E-state index contributed by atoms with van der Waals surface area (Å²) in [5.41, 5.74) is 6.29. The highest BCUT2D eigenvalue weighted by molar-refractivity contribution is 5.59. The predicted octanol–water partition coefficient (Wildman–Crippen LogP) is 2.40. The number of nitrogen functional groups attached to an aromatic ring is 1. The minimum absolute atomic E-state index is 0.142. The van der Waals surface area contributed by atoms with Crippen LogP contribution in [0.2, 0.25) is 0 Å². The van der Waals surface area contributed by atoms with Gasteiger partial charge in [0, 0.05) is 19.0 Å². The van der Waals surface area contributed by atoms with Crippen LogP contribution in [-0.2, 0) is 13.5 Å². The molecule has 1 aromatic carbocycles. The summed E-state index contributed by atoms with van der Waals surface area (Å²) in [4.78, 5) is 4.44. The minimum Gasteiger partial charge on any atom is -0.396 e. The summed E-state index contributed by atoms with van der Waals surface area (Å²) in [6.45, 7) is 4.22. The fourth-order valence-corrected chi connectivity index (χ4v) is 1.81. The summed E-state index contributed by atoms with van der Waals surface area (Å²) >= 11 is 0. The van der Waals surface area contributed by atoms with E-state index in [2.05, 4.69) is 23.9 Å². The Morgan fingerprint density at radius 1 is 1.39 bits per heavy atom. The molecule has 96 valence electrons. The van der Waals surface area contributed by atoms with Gasteiger partial charge >= 0.3 is 0 Å². The Labute approximate surface area is 106 Å². The van der Waals surface area contributed by atoms with Gasteiger partial charge in [-0.3, -0.25) is 0 Å². The van der Waals surface area contributed by atoms with Crippen LogP contribution in [0.1, 0.15) is 19.7 Å². The van der Waals surface area contributed by atoms with E-state index in [0.29, 0.717) is 17.3 Å². The second-order valence-corrected chi connectivity index (χ2v) is 4.81. The van der Waals surface area contributed by atoms with Crippen molar-refractivity contribution in [1.29, 1.82) is 0 Å². The lowest BCUT2D eigenvalue weighted by Crippen LogP contribution is -1.98. The molecule has 4 nitrogen and oxygen atoms in total. The molecule has 2 aromatic rings. The van der Waals surface area contributed by atoms with Gasteiger partial charge in [0.25, 0.3) is 0 Å². The Hall–Kier alpha value is -1.91. The summed E-state index contributed by atoms with van der Waals surface area (Å²) in [6, 6.07) is 4.68. The van der Waals surface area contributed by atoms with Gasteiger partial charge in [0.05, 0.1) is 5.69 Å². The zero-order valence-corrected chi connectivity index (χ0v) is 10.8. The van der Waals surface area contributed by atoms with Crippen molar-refractivity contribution < 1.29 is 4.39 Å². The largest absolute Gasteiger partial charge is 0.396 e. The number of benzene rings is 1. The second-order valence-electron chi connectivity index (χ2n) is 4.81. The van der Waals surface area contributed by atoms with Crippen LogP contribution in [0.3, 0.4) is 0 Å². The fourth-order valence-electron chi connectivity index (χ4n) is 1.81. The number of nitrogens with zero attached hydrogens (tertiary/aromatic N) is 3. The average molecular weight is 248 g/mol. The van der Waals surface area contributed by atoms with Crippen molar-refractivity contribution in [3.05, 3.63) is 29.8 Å². The van der Waals surface area contributed by atoms with Gasteiger partial charge < -0.3 is 5.73 Å². The molecule has 1 aromatic heterocycles. The lowest BCUT2D eigenvalue weighted by molar-refractivity contribution is 0.613. The standard InChI is InChI=1S/C13H17FN4/c1-8(2)6-12-16-13(18(3)17-12)9-4-5-11(15)10(14)7-9/h4-5,7-8H,6,15H2,1-3H3. The summed E-state index contributed by atoms with van der Waals surface area (Å²) in [5.74, 6) is 1.49. The van der Waals surface area contributed by atoms with Crippen molar-refractivity contribution in [2.45, 2.75) is 20.3 Å². The van der Waals surface area contributed by atoms with E-state index in [9.17, 15) is 4.39 Å². The van der Waals surface area contributed by atoms with E-state index in [4.69, 9.17) is 5.73 Å². The molecule has 0 bridgehead atoms. The van der Waals surface area contributed by atoms with Crippen molar-refractivity contribution in [2.75, 3.05) is 5.73 Å². The monoisotopic (exact) mass is 248 g/mol. The first-order valence-electron chi connectivity index (χ1n) is 5.92. The van der Waals surface area contributed by atoms with Crippen LogP contribution < -0.4 is 5.73 Å². The molecule has 0 unspecified atom stereocenters. The Kier molecular flexibility index (Phi) is 3.32. The zero-order valence-electron chi connectivity index (χ0n) is 10.8. The van der Waals surface area contributed by atoms with Gasteiger partial charge in [0.1, 0.15) is 5.82 Å². The third-order valence-corrected chi connectivity index (χ3v) is 2.66. The third kappa shape index (κ3) is 2.50. The van der Waals surface area contributed by atoms with Gasteiger partial charge in [0.15, 0.2) is 11.6 Å². The maximum Gasteiger partial charge on any atom is 0.158 e. The third-order valence-electron chi connectivity index (χ3n) is 2.66. The van der Waals surface area contributed by atoms with E-state index in [0.717, 1.165) is 12.2 Å². The summed E-state index contributed by atoms with van der Waals surface area (Å²) in [7, 11) is 1.81. The van der Waals surface area contributed by atoms with Gasteiger partial charge in [-0.2, -0.15) is 5.10 Å². The van der Waals surface area contributed by atoms with Crippen LogP contribution in [0.4, 0.5) is 10.1 Å². The molecule has 0 aliphatic carbocycles. The SMILES string of the molecule is CC(C)Cc1nc(-c2ccc(N)c(F)c2)n(C)n1. The van der Waals surface area contributed by atoms with Gasteiger partial charge in [-0.05, 0) is 24.1 Å². The molecule has 2 N–H and O–H groups in total. The maximum absolute atomic E-state index is 13.4. The van der Waals surface area contributed by atoms with Gasteiger partial charge in [-0.1, -0.05) is 13.8 Å². The molecular formula is C13H17FN4. The lowest BCUT2D eigenvalue weighted by Gasteiger charge is -2.01. The number of nitrogens with two attached hydrogens (primary N) is 1. The molecule has 0 saturated heterocycles. The van der Waals surface area contributed by atoms with Crippen molar-refractivity contribution in [2.24, 2.45) is 13.0 Å². The van der Waals surface area contributed by atoms with E-state index in [1.807, 2.05) is 0 Å². The molecule has 0 aliphatic heterocycles. The number of hydrogen-bond acceptors (Lipinski definition) is 3. The number of aryl methyl sites for hydroxylation is 1. The topological polar surface area (TPSA) is 56.7 Å². The Balaban J connectivity index is 2.38. The van der Waals surface area contributed by atoms with Crippen molar-refractivity contribution in [1.82, 2.24) is 14.8 Å². The minimum atomic E-state index is -0.430. The molecule has 18 heavy (non-hydrogen) atoms. The zero-order chi connectivity index (χ0) is 13.3. The molecule has 2 rings (SSSR count). The van der Waals surface area contributed by atoms with Crippen molar-refractivity contribution >= 4 is 5.69 Å². The molecule has 0 atom stereocenters. The van der Waals surface area contributed by atoms with Crippen LogP contribution in [0.25, 0.3) is 11.4 Å². The molecule has 0 aliphatic rings. The van der Waals surface area contributed by atoms with E-state index in [1.165, 1.54) is 6.07 Å². The Morgan fingerprint density at radius 3 is 2.72 bits per heavy atom. The van der Waals surface area contributed by atoms with Gasteiger partial charge in [-0.25, -0.2) is 14.1 Å². The Morgan fingerprint density at radius 2 is 2.11 bits per heavy atom. The second kappa shape index (κ2) is 4.76. The summed E-state index contributed by atoms with van der Waals surface area (Å²) < 4.78 is 15.1. The Bertz CT molecular complexity index is 560.